The third-order valence-electron chi connectivity index (χ3n) is 4.36. The van der Waals surface area contributed by atoms with Crippen LogP contribution in [0.3, 0.4) is 0 Å². The number of piperazine rings is 1. The summed E-state index contributed by atoms with van der Waals surface area (Å²) in [4.78, 5) is 16.5. The van der Waals surface area contributed by atoms with E-state index in [4.69, 9.17) is 0 Å². The number of carbonyl (C=O) groups is 1. The number of hydrogen-bond acceptors (Lipinski definition) is 2. The summed E-state index contributed by atoms with van der Waals surface area (Å²) in [5, 5.41) is 2.76. The maximum Gasteiger partial charge on any atom is 0.321 e. The van der Waals surface area contributed by atoms with Crippen molar-refractivity contribution in [2.45, 2.75) is 19.9 Å². The minimum Gasteiger partial charge on any atom is -0.365 e. The van der Waals surface area contributed by atoms with Crippen molar-refractivity contribution < 1.29 is 9.18 Å². The van der Waals surface area contributed by atoms with Gasteiger partial charge in [0.05, 0.1) is 0 Å². The zero-order valence-electron chi connectivity index (χ0n) is 14.0. The highest BCUT2D eigenvalue weighted by Crippen LogP contribution is 2.21. The van der Waals surface area contributed by atoms with Gasteiger partial charge < -0.3 is 15.1 Å². The molecule has 1 aliphatic heterocycles. The first-order valence-corrected chi connectivity index (χ1v) is 8.18. The first-order valence-electron chi connectivity index (χ1n) is 8.18. The van der Waals surface area contributed by atoms with Crippen molar-refractivity contribution in [2.75, 3.05) is 29.9 Å². The number of hydrogen-bond donors (Lipinski definition) is 1. The molecule has 1 heterocycles. The van der Waals surface area contributed by atoms with E-state index in [1.54, 1.807) is 17.0 Å². The Balaban J connectivity index is 1.62. The predicted octanol–water partition coefficient (Wildman–Crippen LogP) is 3.88. The molecule has 0 aliphatic carbocycles. The molecule has 1 unspecified atom stereocenters. The number of anilines is 2. The summed E-state index contributed by atoms with van der Waals surface area (Å²) in [5.74, 6) is -0.356. The minimum absolute atomic E-state index is 0.184. The van der Waals surface area contributed by atoms with Crippen molar-refractivity contribution in [3.63, 3.8) is 0 Å². The standard InChI is InChI=1S/C19H22FN3O/c1-14-6-8-18(9-7-14)23-11-10-22(13-15(23)2)19(24)21-17-5-3-4-16(20)12-17/h3-9,12,15H,10-11,13H2,1-2H3,(H,21,24). The highest BCUT2D eigenvalue weighted by molar-refractivity contribution is 5.89. The average Bonchev–Trinajstić information content (AvgIpc) is 2.56. The van der Waals surface area contributed by atoms with Gasteiger partial charge in [-0.25, -0.2) is 9.18 Å². The lowest BCUT2D eigenvalue weighted by Crippen LogP contribution is -2.54. The molecule has 4 nitrogen and oxygen atoms in total. The summed E-state index contributed by atoms with van der Waals surface area (Å²) in [7, 11) is 0. The van der Waals surface area contributed by atoms with Crippen molar-refractivity contribution in [1.29, 1.82) is 0 Å². The van der Waals surface area contributed by atoms with E-state index in [0.29, 0.717) is 18.8 Å². The van der Waals surface area contributed by atoms with Crippen LogP contribution in [0.1, 0.15) is 12.5 Å². The summed E-state index contributed by atoms with van der Waals surface area (Å²) < 4.78 is 13.2. The number of aryl methyl sites for hydroxylation is 1. The van der Waals surface area contributed by atoms with E-state index in [0.717, 1.165) is 6.54 Å². The Kier molecular flexibility index (Phi) is 4.69. The molecule has 0 radical (unpaired) electrons. The van der Waals surface area contributed by atoms with Crippen LogP contribution in [0.5, 0.6) is 0 Å². The zero-order chi connectivity index (χ0) is 17.1. The second kappa shape index (κ2) is 6.91. The van der Waals surface area contributed by atoms with Crippen LogP contribution in [0.25, 0.3) is 0 Å². The molecule has 0 aromatic heterocycles. The van der Waals surface area contributed by atoms with Gasteiger partial charge in [-0.15, -0.1) is 0 Å². The summed E-state index contributed by atoms with van der Waals surface area (Å²) in [6.07, 6.45) is 0. The molecule has 0 saturated carbocycles. The maximum absolute atomic E-state index is 13.2. The molecule has 2 aromatic rings. The fourth-order valence-electron chi connectivity index (χ4n) is 3.03. The van der Waals surface area contributed by atoms with Crippen LogP contribution in [0.4, 0.5) is 20.6 Å². The molecule has 0 spiro atoms. The van der Waals surface area contributed by atoms with E-state index in [-0.39, 0.29) is 17.9 Å². The monoisotopic (exact) mass is 327 g/mol. The molecule has 3 rings (SSSR count). The van der Waals surface area contributed by atoms with Gasteiger partial charge in [0.25, 0.3) is 0 Å². The van der Waals surface area contributed by atoms with Crippen molar-refractivity contribution in [3.05, 3.63) is 59.9 Å². The van der Waals surface area contributed by atoms with Crippen LogP contribution in [0, 0.1) is 12.7 Å². The Bertz CT molecular complexity index is 717. The van der Waals surface area contributed by atoms with Crippen LogP contribution in [0.15, 0.2) is 48.5 Å². The Morgan fingerprint density at radius 1 is 1.17 bits per heavy atom. The molecule has 2 amide bonds. The molecule has 0 bridgehead atoms. The highest BCUT2D eigenvalue weighted by Gasteiger charge is 2.26. The van der Waals surface area contributed by atoms with E-state index < -0.39 is 0 Å². The van der Waals surface area contributed by atoms with Gasteiger partial charge in [-0.1, -0.05) is 23.8 Å². The summed E-state index contributed by atoms with van der Waals surface area (Å²) >= 11 is 0. The van der Waals surface area contributed by atoms with Crippen molar-refractivity contribution >= 4 is 17.4 Å². The lowest BCUT2D eigenvalue weighted by atomic mass is 10.1. The first kappa shape index (κ1) is 16.3. The number of carbonyl (C=O) groups excluding carboxylic acids is 1. The average molecular weight is 327 g/mol. The largest absolute Gasteiger partial charge is 0.365 e. The van der Waals surface area contributed by atoms with Gasteiger partial charge in [-0.3, -0.25) is 0 Å². The molecule has 1 atom stereocenters. The van der Waals surface area contributed by atoms with Gasteiger partial charge in [-0.05, 0) is 44.2 Å². The third-order valence-corrected chi connectivity index (χ3v) is 4.36. The molecular formula is C19H22FN3O. The maximum atomic E-state index is 13.2. The Hall–Kier alpha value is -2.56. The van der Waals surface area contributed by atoms with E-state index in [9.17, 15) is 9.18 Å². The van der Waals surface area contributed by atoms with Crippen LogP contribution < -0.4 is 10.2 Å². The van der Waals surface area contributed by atoms with Gasteiger partial charge in [0.2, 0.25) is 0 Å². The molecular weight excluding hydrogens is 305 g/mol. The molecule has 126 valence electrons. The number of nitrogens with zero attached hydrogens (tertiary/aromatic N) is 2. The molecule has 1 saturated heterocycles. The van der Waals surface area contributed by atoms with E-state index in [1.807, 2.05) is 0 Å². The Labute approximate surface area is 141 Å². The Morgan fingerprint density at radius 2 is 1.92 bits per heavy atom. The smallest absolute Gasteiger partial charge is 0.321 e. The zero-order valence-corrected chi connectivity index (χ0v) is 14.0. The number of amides is 2. The predicted molar refractivity (Wildman–Crippen MR) is 95.0 cm³/mol. The van der Waals surface area contributed by atoms with Crippen molar-refractivity contribution in [3.8, 4) is 0 Å². The summed E-state index contributed by atoms with van der Waals surface area (Å²) in [6, 6.07) is 14.4. The third kappa shape index (κ3) is 3.67. The van der Waals surface area contributed by atoms with E-state index in [1.165, 1.54) is 23.4 Å². The van der Waals surface area contributed by atoms with E-state index in [2.05, 4.69) is 48.3 Å². The van der Waals surface area contributed by atoms with Crippen LogP contribution in [-0.2, 0) is 0 Å². The van der Waals surface area contributed by atoms with Crippen molar-refractivity contribution in [1.82, 2.24) is 4.90 Å². The first-order chi connectivity index (χ1) is 11.5. The highest BCUT2D eigenvalue weighted by atomic mass is 19.1. The van der Waals surface area contributed by atoms with E-state index >= 15 is 0 Å². The number of rotatable bonds is 2. The lowest BCUT2D eigenvalue weighted by molar-refractivity contribution is 0.200. The minimum atomic E-state index is -0.356. The summed E-state index contributed by atoms with van der Waals surface area (Å²) in [6.45, 7) is 6.23. The lowest BCUT2D eigenvalue weighted by Gasteiger charge is -2.41. The molecule has 1 aliphatic rings. The Morgan fingerprint density at radius 3 is 2.58 bits per heavy atom. The van der Waals surface area contributed by atoms with Gasteiger partial charge in [-0.2, -0.15) is 0 Å². The van der Waals surface area contributed by atoms with Crippen LogP contribution in [0.2, 0.25) is 0 Å². The topological polar surface area (TPSA) is 35.6 Å². The second-order valence-corrected chi connectivity index (χ2v) is 6.26. The molecule has 1 fully saturated rings. The molecule has 24 heavy (non-hydrogen) atoms. The van der Waals surface area contributed by atoms with Gasteiger partial charge in [0, 0.05) is 37.1 Å². The molecule has 5 heteroatoms. The fraction of sp³-hybridized carbons (Fsp3) is 0.316. The number of halogens is 1. The fourth-order valence-corrected chi connectivity index (χ4v) is 3.03. The number of urea groups is 1. The normalized spacial score (nSPS) is 17.7. The quantitative estimate of drug-likeness (QED) is 0.909. The van der Waals surface area contributed by atoms with Gasteiger partial charge >= 0.3 is 6.03 Å². The van der Waals surface area contributed by atoms with Crippen LogP contribution >= 0.6 is 0 Å². The second-order valence-electron chi connectivity index (χ2n) is 6.26. The van der Waals surface area contributed by atoms with Crippen molar-refractivity contribution in [2.24, 2.45) is 0 Å². The number of nitrogens with one attached hydrogen (secondary N) is 1. The van der Waals surface area contributed by atoms with Gasteiger partial charge in [0.1, 0.15) is 5.82 Å². The number of benzene rings is 2. The summed E-state index contributed by atoms with van der Waals surface area (Å²) in [5.41, 5.74) is 2.89. The van der Waals surface area contributed by atoms with Gasteiger partial charge in [0.15, 0.2) is 0 Å². The van der Waals surface area contributed by atoms with Crippen LogP contribution in [-0.4, -0.2) is 36.6 Å². The SMILES string of the molecule is Cc1ccc(N2CCN(C(=O)Nc3cccc(F)c3)CC2C)cc1. The molecule has 2 aromatic carbocycles. The molecule has 1 N–H and O–H groups in total.